The lowest BCUT2D eigenvalue weighted by Gasteiger charge is -2.31. The third-order valence-corrected chi connectivity index (χ3v) is 5.62. The van der Waals surface area contributed by atoms with Crippen molar-refractivity contribution in [1.82, 2.24) is 10.2 Å². The van der Waals surface area contributed by atoms with Crippen molar-refractivity contribution in [2.75, 3.05) is 20.3 Å². The zero-order valence-electron chi connectivity index (χ0n) is 18.9. The van der Waals surface area contributed by atoms with Crippen LogP contribution >= 0.6 is 27.5 Å². The lowest BCUT2D eigenvalue weighted by Crippen LogP contribution is -2.50. The molecule has 0 radical (unpaired) electrons. The van der Waals surface area contributed by atoms with Crippen molar-refractivity contribution in [3.63, 3.8) is 0 Å². The number of carbonyl (C=O) groups is 2. The molecule has 2 aromatic carbocycles. The van der Waals surface area contributed by atoms with E-state index in [2.05, 4.69) is 21.2 Å². The summed E-state index contributed by atoms with van der Waals surface area (Å²) in [5.41, 5.74) is 0.885. The van der Waals surface area contributed by atoms with Crippen LogP contribution in [0.1, 0.15) is 32.8 Å². The number of halogens is 2. The van der Waals surface area contributed by atoms with E-state index in [1.165, 1.54) is 0 Å². The molecule has 0 spiro atoms. The summed E-state index contributed by atoms with van der Waals surface area (Å²) in [6.07, 6.45) is 0.477. The number of ether oxygens (including phenoxy) is 2. The normalized spacial score (nSPS) is 11.7. The van der Waals surface area contributed by atoms with Crippen molar-refractivity contribution in [1.29, 1.82) is 0 Å². The van der Waals surface area contributed by atoms with E-state index >= 15 is 0 Å². The highest BCUT2D eigenvalue weighted by Crippen LogP contribution is 2.28. The van der Waals surface area contributed by atoms with Gasteiger partial charge in [-0.15, -0.1) is 0 Å². The second kappa shape index (κ2) is 12.7. The number of nitrogens with zero attached hydrogens (tertiary/aromatic N) is 1. The number of amides is 2. The van der Waals surface area contributed by atoms with Gasteiger partial charge in [0.15, 0.2) is 6.61 Å². The van der Waals surface area contributed by atoms with Crippen LogP contribution in [-0.2, 0) is 16.1 Å². The van der Waals surface area contributed by atoms with Crippen molar-refractivity contribution in [3.8, 4) is 11.5 Å². The Morgan fingerprint density at radius 3 is 2.41 bits per heavy atom. The number of hydrogen-bond acceptors (Lipinski definition) is 4. The van der Waals surface area contributed by atoms with Crippen molar-refractivity contribution in [2.45, 2.75) is 39.8 Å². The average Bonchev–Trinajstić information content (AvgIpc) is 2.77. The minimum absolute atomic E-state index is 0.176. The maximum Gasteiger partial charge on any atom is 0.261 e. The van der Waals surface area contributed by atoms with E-state index < -0.39 is 6.04 Å². The van der Waals surface area contributed by atoms with Crippen LogP contribution in [0.2, 0.25) is 5.02 Å². The molecule has 0 aliphatic rings. The minimum atomic E-state index is -0.618. The highest BCUT2D eigenvalue weighted by atomic mass is 79.9. The van der Waals surface area contributed by atoms with E-state index in [4.69, 9.17) is 21.1 Å². The molecule has 32 heavy (non-hydrogen) atoms. The summed E-state index contributed by atoms with van der Waals surface area (Å²) in [4.78, 5) is 27.7. The molecule has 1 atom stereocenters. The second-order valence-electron chi connectivity index (χ2n) is 7.80. The monoisotopic (exact) mass is 524 g/mol. The van der Waals surface area contributed by atoms with Gasteiger partial charge >= 0.3 is 0 Å². The first-order valence-corrected chi connectivity index (χ1v) is 11.7. The van der Waals surface area contributed by atoms with Gasteiger partial charge in [0.1, 0.15) is 17.5 Å². The molecule has 0 saturated carbocycles. The van der Waals surface area contributed by atoms with Crippen LogP contribution in [0.25, 0.3) is 0 Å². The Kier molecular flexibility index (Phi) is 10.3. The highest BCUT2D eigenvalue weighted by Gasteiger charge is 2.29. The number of hydrogen-bond donors (Lipinski definition) is 1. The third kappa shape index (κ3) is 7.71. The van der Waals surface area contributed by atoms with Crippen molar-refractivity contribution >= 4 is 39.3 Å². The molecule has 0 heterocycles. The van der Waals surface area contributed by atoms with Gasteiger partial charge in [0.25, 0.3) is 5.91 Å². The molecule has 0 aromatic heterocycles. The first-order chi connectivity index (χ1) is 15.2. The number of benzene rings is 2. The average molecular weight is 526 g/mol. The van der Waals surface area contributed by atoms with E-state index in [1.807, 2.05) is 45.0 Å². The van der Waals surface area contributed by atoms with Gasteiger partial charge in [-0.05, 0) is 48.2 Å². The molecule has 0 aliphatic heterocycles. The molecule has 0 saturated heterocycles. The zero-order valence-corrected chi connectivity index (χ0v) is 21.2. The Hall–Kier alpha value is -2.25. The van der Waals surface area contributed by atoms with Crippen LogP contribution in [0.3, 0.4) is 0 Å². The van der Waals surface area contributed by atoms with E-state index in [0.717, 1.165) is 15.8 Å². The summed E-state index contributed by atoms with van der Waals surface area (Å²) in [7, 11) is 1.60. The van der Waals surface area contributed by atoms with Crippen LogP contribution in [0.5, 0.6) is 11.5 Å². The number of rotatable bonds is 11. The van der Waals surface area contributed by atoms with Crippen molar-refractivity contribution in [3.05, 3.63) is 57.5 Å². The molecule has 1 N–H and O–H groups in total. The summed E-state index contributed by atoms with van der Waals surface area (Å²) in [5.74, 6) is 0.965. The number of methoxy groups -OCH3 is 1. The molecule has 2 rings (SSSR count). The molecular formula is C24H30BrClN2O4. The molecule has 1 unspecified atom stereocenters. The SMILES string of the molecule is CCC(C(=O)NCC(C)C)N(Cc1ccc(OC)cc1)C(=O)COc1ccc(Br)cc1Cl. The van der Waals surface area contributed by atoms with Gasteiger partial charge in [0.05, 0.1) is 12.1 Å². The molecule has 0 fully saturated rings. The summed E-state index contributed by atoms with van der Waals surface area (Å²) in [6, 6.07) is 12.0. The third-order valence-electron chi connectivity index (χ3n) is 4.83. The number of carbonyl (C=O) groups excluding carboxylic acids is 2. The van der Waals surface area contributed by atoms with Gasteiger partial charge in [0.2, 0.25) is 5.91 Å². The first-order valence-electron chi connectivity index (χ1n) is 10.5. The van der Waals surface area contributed by atoms with Crippen LogP contribution in [0, 0.1) is 5.92 Å². The maximum atomic E-state index is 13.2. The molecular weight excluding hydrogens is 496 g/mol. The van der Waals surface area contributed by atoms with Crippen LogP contribution in [0.4, 0.5) is 0 Å². The Bertz CT molecular complexity index is 905. The maximum absolute atomic E-state index is 13.2. The molecule has 2 amide bonds. The van der Waals surface area contributed by atoms with Crippen LogP contribution in [0.15, 0.2) is 46.9 Å². The fourth-order valence-electron chi connectivity index (χ4n) is 3.08. The lowest BCUT2D eigenvalue weighted by atomic mass is 10.1. The topological polar surface area (TPSA) is 67.9 Å². The van der Waals surface area contributed by atoms with E-state index in [0.29, 0.717) is 29.7 Å². The second-order valence-corrected chi connectivity index (χ2v) is 9.12. The fourth-order valence-corrected chi connectivity index (χ4v) is 3.81. The number of nitrogens with one attached hydrogen (secondary N) is 1. The molecule has 0 aliphatic carbocycles. The predicted octanol–water partition coefficient (Wildman–Crippen LogP) is 5.07. The van der Waals surface area contributed by atoms with Gasteiger partial charge in [-0.3, -0.25) is 9.59 Å². The lowest BCUT2D eigenvalue weighted by molar-refractivity contribution is -0.143. The summed E-state index contributed by atoms with van der Waals surface area (Å²) in [5, 5.41) is 3.34. The standard InChI is InChI=1S/C24H30BrClN2O4/c1-5-21(24(30)27-13-16(2)3)28(14-17-6-9-19(31-4)10-7-17)23(29)15-32-22-11-8-18(25)12-20(22)26/h6-12,16,21H,5,13-15H2,1-4H3,(H,27,30). The molecule has 174 valence electrons. The Labute approximate surface area is 203 Å². The Morgan fingerprint density at radius 1 is 1.16 bits per heavy atom. The minimum Gasteiger partial charge on any atom is -0.497 e. The Balaban J connectivity index is 2.21. The summed E-state index contributed by atoms with van der Waals surface area (Å²) in [6.45, 7) is 6.53. The van der Waals surface area contributed by atoms with Gasteiger partial charge in [-0.1, -0.05) is 60.4 Å². The van der Waals surface area contributed by atoms with Gasteiger partial charge in [-0.2, -0.15) is 0 Å². The van der Waals surface area contributed by atoms with E-state index in [9.17, 15) is 9.59 Å². The van der Waals surface area contributed by atoms with E-state index in [-0.39, 0.29) is 25.0 Å². The van der Waals surface area contributed by atoms with Gasteiger partial charge in [0, 0.05) is 17.6 Å². The smallest absolute Gasteiger partial charge is 0.261 e. The Morgan fingerprint density at radius 2 is 1.84 bits per heavy atom. The van der Waals surface area contributed by atoms with Crippen LogP contribution in [-0.4, -0.2) is 43.0 Å². The van der Waals surface area contributed by atoms with Gasteiger partial charge in [-0.25, -0.2) is 0 Å². The fraction of sp³-hybridized carbons (Fsp3) is 0.417. The molecule has 2 aromatic rings. The quantitative estimate of drug-likeness (QED) is 0.445. The summed E-state index contributed by atoms with van der Waals surface area (Å²) < 4.78 is 11.7. The predicted molar refractivity (Wildman–Crippen MR) is 130 cm³/mol. The summed E-state index contributed by atoms with van der Waals surface area (Å²) >= 11 is 9.55. The molecule has 8 heteroatoms. The zero-order chi connectivity index (χ0) is 23.7. The first kappa shape index (κ1) is 26.0. The van der Waals surface area contributed by atoms with E-state index in [1.54, 1.807) is 30.2 Å². The van der Waals surface area contributed by atoms with Crippen LogP contribution < -0.4 is 14.8 Å². The molecule has 0 bridgehead atoms. The van der Waals surface area contributed by atoms with Crippen molar-refractivity contribution in [2.24, 2.45) is 5.92 Å². The van der Waals surface area contributed by atoms with Gasteiger partial charge < -0.3 is 19.7 Å². The highest BCUT2D eigenvalue weighted by molar-refractivity contribution is 9.10. The largest absolute Gasteiger partial charge is 0.497 e. The molecule has 6 nitrogen and oxygen atoms in total. The van der Waals surface area contributed by atoms with Crippen molar-refractivity contribution < 1.29 is 19.1 Å².